The second kappa shape index (κ2) is 8.73. The van der Waals surface area contributed by atoms with Gasteiger partial charge in [-0.05, 0) is 48.7 Å². The Balaban J connectivity index is 1.89. The number of rotatable bonds is 4. The molecule has 5 nitrogen and oxygen atoms in total. The molecule has 1 N–H and O–H groups in total. The van der Waals surface area contributed by atoms with Gasteiger partial charge in [-0.1, -0.05) is 12.1 Å². The first kappa shape index (κ1) is 23.4. The predicted molar refractivity (Wildman–Crippen MR) is 126 cm³/mol. The standard InChI is InChI=1S/C26H22F3NO4S/c1-35(32,33)19-5-2-15(3-6-19)24-25-22(12-17(27)13-23(25)31)30(18-4-7-20(28)21(29)14-18)26(24)16-8-10-34-11-9-16/h2-7,12-14,16,31H,8-11H2,1H3. The molecule has 0 amide bonds. The minimum absolute atomic E-state index is 0.101. The fraction of sp³-hybridized carbons (Fsp3) is 0.231. The number of hydrogen-bond acceptors (Lipinski definition) is 4. The van der Waals surface area contributed by atoms with Gasteiger partial charge >= 0.3 is 0 Å². The number of nitrogens with zero attached hydrogens (tertiary/aromatic N) is 1. The van der Waals surface area contributed by atoms with Crippen LogP contribution in [-0.2, 0) is 14.6 Å². The molecule has 4 aromatic rings. The van der Waals surface area contributed by atoms with Crippen molar-refractivity contribution in [2.75, 3.05) is 19.5 Å². The van der Waals surface area contributed by atoms with Gasteiger partial charge in [0.1, 0.15) is 11.6 Å². The summed E-state index contributed by atoms with van der Waals surface area (Å²) in [4.78, 5) is 0.133. The molecule has 5 rings (SSSR count). The fourth-order valence-corrected chi connectivity index (χ4v) is 5.43. The lowest BCUT2D eigenvalue weighted by atomic mass is 9.90. The molecule has 35 heavy (non-hydrogen) atoms. The highest BCUT2D eigenvalue weighted by atomic mass is 32.2. The highest BCUT2D eigenvalue weighted by molar-refractivity contribution is 7.90. The van der Waals surface area contributed by atoms with Gasteiger partial charge < -0.3 is 14.4 Å². The van der Waals surface area contributed by atoms with Gasteiger partial charge in [0.05, 0.1) is 15.8 Å². The molecular formula is C26H22F3NO4S. The molecule has 0 bridgehead atoms. The second-order valence-electron chi connectivity index (χ2n) is 8.70. The third-order valence-electron chi connectivity index (χ3n) is 6.39. The SMILES string of the molecule is CS(=O)(=O)c1ccc(-c2c(C3CCOCC3)n(-c3ccc(F)c(F)c3)c3cc(F)cc(O)c23)cc1. The highest BCUT2D eigenvalue weighted by Crippen LogP contribution is 2.46. The quantitative estimate of drug-likeness (QED) is 0.389. The summed E-state index contributed by atoms with van der Waals surface area (Å²) < 4.78 is 73.7. The molecule has 0 radical (unpaired) electrons. The third kappa shape index (κ3) is 4.19. The first-order chi connectivity index (χ1) is 16.6. The summed E-state index contributed by atoms with van der Waals surface area (Å²) in [6, 6.07) is 11.9. The van der Waals surface area contributed by atoms with Crippen LogP contribution in [-0.4, -0.2) is 37.6 Å². The zero-order valence-corrected chi connectivity index (χ0v) is 19.6. The van der Waals surface area contributed by atoms with E-state index in [1.54, 1.807) is 16.7 Å². The minimum Gasteiger partial charge on any atom is -0.507 e. The number of phenols is 1. The van der Waals surface area contributed by atoms with Crippen LogP contribution in [0.3, 0.4) is 0 Å². The Morgan fingerprint density at radius 2 is 1.63 bits per heavy atom. The number of hydrogen-bond donors (Lipinski definition) is 1. The number of aromatic hydroxyl groups is 1. The topological polar surface area (TPSA) is 68.5 Å². The molecule has 0 spiro atoms. The van der Waals surface area contributed by atoms with E-state index in [1.807, 2.05) is 0 Å². The van der Waals surface area contributed by atoms with Gasteiger partial charge in [0.2, 0.25) is 0 Å². The van der Waals surface area contributed by atoms with Crippen LogP contribution in [0.15, 0.2) is 59.5 Å². The Bertz CT molecular complexity index is 1540. The maximum absolute atomic E-state index is 14.5. The van der Waals surface area contributed by atoms with E-state index in [-0.39, 0.29) is 27.8 Å². The molecule has 0 atom stereocenters. The van der Waals surface area contributed by atoms with Crippen LogP contribution in [0.25, 0.3) is 27.7 Å². The molecule has 0 saturated carbocycles. The summed E-state index contributed by atoms with van der Waals surface area (Å²) in [6.07, 6.45) is 2.36. The van der Waals surface area contributed by atoms with Crippen molar-refractivity contribution in [1.29, 1.82) is 0 Å². The fourth-order valence-electron chi connectivity index (χ4n) is 4.80. The molecule has 1 aliphatic heterocycles. The monoisotopic (exact) mass is 501 g/mol. The van der Waals surface area contributed by atoms with E-state index < -0.39 is 27.3 Å². The first-order valence-electron chi connectivity index (χ1n) is 11.1. The number of sulfone groups is 1. The summed E-state index contributed by atoms with van der Waals surface area (Å²) in [5.41, 5.74) is 2.43. The number of phenolic OH excluding ortho intramolecular Hbond substituents is 1. The van der Waals surface area contributed by atoms with Crippen LogP contribution in [0, 0.1) is 17.5 Å². The van der Waals surface area contributed by atoms with Crippen molar-refractivity contribution in [2.45, 2.75) is 23.7 Å². The average molecular weight is 502 g/mol. The maximum atomic E-state index is 14.5. The Morgan fingerprint density at radius 3 is 2.26 bits per heavy atom. The van der Waals surface area contributed by atoms with Crippen LogP contribution in [0.5, 0.6) is 5.75 Å². The summed E-state index contributed by atoms with van der Waals surface area (Å²) in [5.74, 6) is -3.16. The van der Waals surface area contributed by atoms with Gasteiger partial charge in [-0.15, -0.1) is 0 Å². The van der Waals surface area contributed by atoms with Gasteiger partial charge in [-0.2, -0.15) is 0 Å². The zero-order chi connectivity index (χ0) is 24.9. The minimum atomic E-state index is -3.43. The van der Waals surface area contributed by atoms with Gasteiger partial charge in [0.15, 0.2) is 21.5 Å². The maximum Gasteiger partial charge on any atom is 0.175 e. The van der Waals surface area contributed by atoms with Crippen molar-refractivity contribution in [3.63, 3.8) is 0 Å². The molecule has 1 fully saturated rings. The van der Waals surface area contributed by atoms with Crippen LogP contribution < -0.4 is 0 Å². The molecule has 2 heterocycles. The number of aromatic nitrogens is 1. The van der Waals surface area contributed by atoms with Crippen molar-refractivity contribution in [1.82, 2.24) is 4.57 Å². The molecule has 3 aromatic carbocycles. The number of fused-ring (bicyclic) bond motifs is 1. The Kier molecular flexibility index (Phi) is 5.85. The summed E-state index contributed by atoms with van der Waals surface area (Å²) in [7, 11) is -3.43. The van der Waals surface area contributed by atoms with E-state index in [2.05, 4.69) is 0 Å². The Hall–Kier alpha value is -3.30. The van der Waals surface area contributed by atoms with E-state index in [0.717, 1.165) is 24.5 Å². The van der Waals surface area contributed by atoms with Crippen molar-refractivity contribution in [3.05, 3.63) is 77.7 Å². The molecule has 1 aromatic heterocycles. The smallest absolute Gasteiger partial charge is 0.175 e. The lowest BCUT2D eigenvalue weighted by Gasteiger charge is -2.26. The predicted octanol–water partition coefficient (Wildman–Crippen LogP) is 5.72. The normalized spacial score (nSPS) is 15.1. The number of halogens is 3. The van der Waals surface area contributed by atoms with E-state index in [4.69, 9.17) is 4.74 Å². The lowest BCUT2D eigenvalue weighted by Crippen LogP contribution is -2.17. The van der Waals surface area contributed by atoms with E-state index >= 15 is 0 Å². The average Bonchev–Trinajstić information content (AvgIpc) is 3.16. The zero-order valence-electron chi connectivity index (χ0n) is 18.8. The van der Waals surface area contributed by atoms with Crippen molar-refractivity contribution in [3.8, 4) is 22.6 Å². The number of benzene rings is 3. The first-order valence-corrected chi connectivity index (χ1v) is 12.9. The number of ether oxygens (including phenoxy) is 1. The van der Waals surface area contributed by atoms with Gasteiger partial charge in [0, 0.05) is 54.5 Å². The van der Waals surface area contributed by atoms with Crippen LogP contribution >= 0.6 is 0 Å². The van der Waals surface area contributed by atoms with E-state index in [1.165, 1.54) is 24.3 Å². The molecule has 1 saturated heterocycles. The molecule has 9 heteroatoms. The second-order valence-corrected chi connectivity index (χ2v) is 10.7. The van der Waals surface area contributed by atoms with Gasteiger partial charge in [0.25, 0.3) is 0 Å². The van der Waals surface area contributed by atoms with Crippen molar-refractivity contribution in [2.24, 2.45) is 0 Å². The molecule has 0 unspecified atom stereocenters. The largest absolute Gasteiger partial charge is 0.507 e. The van der Waals surface area contributed by atoms with Crippen molar-refractivity contribution < 1.29 is 31.4 Å². The molecule has 182 valence electrons. The summed E-state index contributed by atoms with van der Waals surface area (Å²) in [6.45, 7) is 0.966. The summed E-state index contributed by atoms with van der Waals surface area (Å²) >= 11 is 0. The Labute approximate surface area is 200 Å². The lowest BCUT2D eigenvalue weighted by molar-refractivity contribution is 0.0843. The van der Waals surface area contributed by atoms with Crippen LogP contribution in [0.4, 0.5) is 13.2 Å². The van der Waals surface area contributed by atoms with Gasteiger partial charge in [-0.3, -0.25) is 0 Å². The molecule has 1 aliphatic rings. The summed E-state index contributed by atoms with van der Waals surface area (Å²) in [5, 5.41) is 11.2. The third-order valence-corrected chi connectivity index (χ3v) is 7.52. The van der Waals surface area contributed by atoms with Crippen LogP contribution in [0.2, 0.25) is 0 Å². The highest BCUT2D eigenvalue weighted by Gasteiger charge is 2.30. The Morgan fingerprint density at radius 1 is 0.943 bits per heavy atom. The van der Waals surface area contributed by atoms with E-state index in [0.29, 0.717) is 48.3 Å². The van der Waals surface area contributed by atoms with E-state index in [9.17, 15) is 26.7 Å². The van der Waals surface area contributed by atoms with Crippen molar-refractivity contribution >= 4 is 20.7 Å². The van der Waals surface area contributed by atoms with Gasteiger partial charge in [-0.25, -0.2) is 21.6 Å². The molecule has 0 aliphatic carbocycles. The molecular weight excluding hydrogens is 479 g/mol. The van der Waals surface area contributed by atoms with Crippen LogP contribution in [0.1, 0.15) is 24.5 Å².